The molecule has 6 heteroatoms. The standard InChI is InChI=1S/C12H13N5O/c13-11-7-9(15-16-11)8-3-1-2-4-10(8)17-6-5-14-12(17)18/h1-4,7H,5-6H2,(H,14,18)(H3,13,15,16). The first-order valence-electron chi connectivity index (χ1n) is 5.71. The van der Waals surface area contributed by atoms with E-state index in [9.17, 15) is 4.79 Å². The number of rotatable bonds is 2. The largest absolute Gasteiger partial charge is 0.382 e. The first-order chi connectivity index (χ1) is 8.75. The number of urea groups is 1. The molecule has 1 aromatic carbocycles. The second-order valence-corrected chi connectivity index (χ2v) is 4.11. The molecule has 1 saturated heterocycles. The predicted molar refractivity (Wildman–Crippen MR) is 69.2 cm³/mol. The molecule has 0 radical (unpaired) electrons. The van der Waals surface area contributed by atoms with E-state index in [2.05, 4.69) is 15.5 Å². The molecular weight excluding hydrogens is 230 g/mol. The van der Waals surface area contributed by atoms with Gasteiger partial charge in [0.1, 0.15) is 5.82 Å². The molecule has 18 heavy (non-hydrogen) atoms. The zero-order chi connectivity index (χ0) is 12.5. The van der Waals surface area contributed by atoms with Gasteiger partial charge in [-0.1, -0.05) is 18.2 Å². The quantitative estimate of drug-likeness (QED) is 0.740. The summed E-state index contributed by atoms with van der Waals surface area (Å²) in [6.45, 7) is 1.33. The zero-order valence-electron chi connectivity index (χ0n) is 9.68. The monoisotopic (exact) mass is 243 g/mol. The fourth-order valence-electron chi connectivity index (χ4n) is 2.11. The fourth-order valence-corrected chi connectivity index (χ4v) is 2.11. The molecule has 92 valence electrons. The molecule has 0 atom stereocenters. The lowest BCUT2D eigenvalue weighted by molar-refractivity contribution is 0.252. The van der Waals surface area contributed by atoms with Crippen molar-refractivity contribution in [3.05, 3.63) is 30.3 Å². The number of amides is 2. The number of aromatic nitrogens is 2. The van der Waals surface area contributed by atoms with Crippen LogP contribution in [0, 0.1) is 0 Å². The molecule has 0 bridgehead atoms. The fraction of sp³-hybridized carbons (Fsp3) is 0.167. The minimum atomic E-state index is -0.0741. The Hall–Kier alpha value is -2.50. The number of hydrogen-bond donors (Lipinski definition) is 3. The summed E-state index contributed by atoms with van der Waals surface area (Å²) in [5, 5.41) is 9.57. The number of para-hydroxylation sites is 1. The van der Waals surface area contributed by atoms with E-state index in [0.717, 1.165) is 16.9 Å². The van der Waals surface area contributed by atoms with E-state index in [0.29, 0.717) is 18.9 Å². The van der Waals surface area contributed by atoms with Crippen molar-refractivity contribution in [3.8, 4) is 11.3 Å². The van der Waals surface area contributed by atoms with Crippen molar-refractivity contribution < 1.29 is 4.79 Å². The third kappa shape index (κ3) is 1.67. The molecule has 4 N–H and O–H groups in total. The Bertz CT molecular complexity index is 592. The molecule has 2 heterocycles. The number of nitrogens with zero attached hydrogens (tertiary/aromatic N) is 2. The predicted octanol–water partition coefficient (Wildman–Crippen LogP) is 1.19. The molecule has 3 rings (SSSR count). The number of H-pyrrole nitrogens is 1. The highest BCUT2D eigenvalue weighted by Gasteiger charge is 2.23. The van der Waals surface area contributed by atoms with Gasteiger partial charge >= 0.3 is 6.03 Å². The number of benzene rings is 1. The number of anilines is 2. The number of carbonyl (C=O) groups excluding carboxylic acids is 1. The minimum absolute atomic E-state index is 0.0741. The second kappa shape index (κ2) is 4.06. The Morgan fingerprint density at radius 2 is 2.17 bits per heavy atom. The van der Waals surface area contributed by atoms with E-state index in [4.69, 9.17) is 5.73 Å². The molecule has 0 saturated carbocycles. The van der Waals surface area contributed by atoms with E-state index < -0.39 is 0 Å². The number of nitrogens with one attached hydrogen (secondary N) is 2. The van der Waals surface area contributed by atoms with Gasteiger partial charge in [-0.2, -0.15) is 5.10 Å². The lowest BCUT2D eigenvalue weighted by Crippen LogP contribution is -2.28. The van der Waals surface area contributed by atoms with Gasteiger partial charge in [0.25, 0.3) is 0 Å². The van der Waals surface area contributed by atoms with Crippen LogP contribution in [0.1, 0.15) is 0 Å². The molecule has 2 aromatic rings. The van der Waals surface area contributed by atoms with E-state index in [-0.39, 0.29) is 6.03 Å². The van der Waals surface area contributed by atoms with Crippen LogP contribution in [0.4, 0.5) is 16.3 Å². The molecule has 0 spiro atoms. The topological polar surface area (TPSA) is 87.0 Å². The van der Waals surface area contributed by atoms with Gasteiger partial charge in [0.15, 0.2) is 0 Å². The van der Waals surface area contributed by atoms with Crippen LogP contribution in [-0.4, -0.2) is 29.3 Å². The Balaban J connectivity index is 2.07. The summed E-state index contributed by atoms with van der Waals surface area (Å²) in [7, 11) is 0. The van der Waals surface area contributed by atoms with Gasteiger partial charge in [-0.25, -0.2) is 4.79 Å². The van der Waals surface area contributed by atoms with Crippen LogP contribution < -0.4 is 16.0 Å². The normalized spacial score (nSPS) is 14.9. The van der Waals surface area contributed by atoms with E-state index in [1.54, 1.807) is 11.0 Å². The molecule has 6 nitrogen and oxygen atoms in total. The number of nitrogen functional groups attached to an aromatic ring is 1. The molecule has 2 amide bonds. The van der Waals surface area contributed by atoms with Crippen LogP contribution in [0.25, 0.3) is 11.3 Å². The van der Waals surface area contributed by atoms with Crippen LogP contribution in [-0.2, 0) is 0 Å². The summed E-state index contributed by atoms with van der Waals surface area (Å²) in [5.74, 6) is 0.436. The van der Waals surface area contributed by atoms with Gasteiger partial charge in [-0.3, -0.25) is 10.00 Å². The van der Waals surface area contributed by atoms with Crippen molar-refractivity contribution >= 4 is 17.5 Å². The van der Waals surface area contributed by atoms with E-state index >= 15 is 0 Å². The molecular formula is C12H13N5O. The van der Waals surface area contributed by atoms with Crippen molar-refractivity contribution in [1.82, 2.24) is 15.5 Å². The highest BCUT2D eigenvalue weighted by Crippen LogP contribution is 2.30. The van der Waals surface area contributed by atoms with Gasteiger partial charge in [0.05, 0.1) is 11.4 Å². The van der Waals surface area contributed by atoms with Crippen molar-refractivity contribution in [2.75, 3.05) is 23.7 Å². The molecule has 0 unspecified atom stereocenters. The third-order valence-corrected chi connectivity index (χ3v) is 2.94. The lowest BCUT2D eigenvalue weighted by atomic mass is 10.1. The maximum atomic E-state index is 11.7. The maximum absolute atomic E-state index is 11.7. The van der Waals surface area contributed by atoms with Crippen molar-refractivity contribution in [2.24, 2.45) is 0 Å². The van der Waals surface area contributed by atoms with Gasteiger partial charge in [0.2, 0.25) is 0 Å². The average Bonchev–Trinajstić information content (AvgIpc) is 2.98. The SMILES string of the molecule is Nc1cc(-c2ccccc2N2CCNC2=O)[nH]n1. The average molecular weight is 243 g/mol. The van der Waals surface area contributed by atoms with Crippen molar-refractivity contribution in [2.45, 2.75) is 0 Å². The number of hydrogen-bond acceptors (Lipinski definition) is 3. The highest BCUT2D eigenvalue weighted by molar-refractivity contribution is 5.98. The Morgan fingerprint density at radius 1 is 1.33 bits per heavy atom. The Morgan fingerprint density at radius 3 is 2.83 bits per heavy atom. The number of carbonyl (C=O) groups is 1. The zero-order valence-corrected chi connectivity index (χ0v) is 9.68. The molecule has 1 aromatic heterocycles. The summed E-state index contributed by atoms with van der Waals surface area (Å²) >= 11 is 0. The third-order valence-electron chi connectivity index (χ3n) is 2.94. The van der Waals surface area contributed by atoms with Crippen molar-refractivity contribution in [3.63, 3.8) is 0 Å². The van der Waals surface area contributed by atoms with Gasteiger partial charge in [0, 0.05) is 24.7 Å². The van der Waals surface area contributed by atoms with Gasteiger partial charge < -0.3 is 11.1 Å². The molecule has 1 fully saturated rings. The van der Waals surface area contributed by atoms with E-state index in [1.165, 1.54) is 0 Å². The van der Waals surface area contributed by atoms with Gasteiger partial charge in [-0.05, 0) is 6.07 Å². The lowest BCUT2D eigenvalue weighted by Gasteiger charge is -2.17. The van der Waals surface area contributed by atoms with Crippen LogP contribution in [0.15, 0.2) is 30.3 Å². The maximum Gasteiger partial charge on any atom is 0.322 e. The van der Waals surface area contributed by atoms with Crippen LogP contribution in [0.3, 0.4) is 0 Å². The Kier molecular flexibility index (Phi) is 2.40. The molecule has 0 aliphatic carbocycles. The summed E-state index contributed by atoms with van der Waals surface area (Å²) in [4.78, 5) is 13.4. The highest BCUT2D eigenvalue weighted by atomic mass is 16.2. The molecule has 1 aliphatic rings. The number of nitrogens with two attached hydrogens (primary N) is 1. The van der Waals surface area contributed by atoms with Crippen LogP contribution >= 0.6 is 0 Å². The number of aromatic amines is 1. The smallest absolute Gasteiger partial charge is 0.322 e. The first kappa shape index (κ1) is 10.6. The second-order valence-electron chi connectivity index (χ2n) is 4.11. The summed E-state index contributed by atoms with van der Waals surface area (Å²) in [6.07, 6.45) is 0. The van der Waals surface area contributed by atoms with Gasteiger partial charge in [-0.15, -0.1) is 0 Å². The Labute approximate surface area is 104 Å². The van der Waals surface area contributed by atoms with Crippen molar-refractivity contribution in [1.29, 1.82) is 0 Å². The molecule has 1 aliphatic heterocycles. The summed E-state index contributed by atoms with van der Waals surface area (Å²) in [5.41, 5.74) is 8.19. The minimum Gasteiger partial charge on any atom is -0.382 e. The van der Waals surface area contributed by atoms with Crippen LogP contribution in [0.2, 0.25) is 0 Å². The first-order valence-corrected chi connectivity index (χ1v) is 5.71. The van der Waals surface area contributed by atoms with Crippen LogP contribution in [0.5, 0.6) is 0 Å². The van der Waals surface area contributed by atoms with E-state index in [1.807, 2.05) is 24.3 Å². The summed E-state index contributed by atoms with van der Waals surface area (Å²) < 4.78 is 0. The summed E-state index contributed by atoms with van der Waals surface area (Å²) in [6, 6.07) is 9.36.